The number of nitro benzene ring substituents is 1. The molecule has 0 amide bonds. The number of aryl methyl sites for hydroxylation is 1. The second kappa shape index (κ2) is 5.43. The summed E-state index contributed by atoms with van der Waals surface area (Å²) < 4.78 is 1.16. The summed E-state index contributed by atoms with van der Waals surface area (Å²) in [6, 6.07) is 6.72. The van der Waals surface area contributed by atoms with Crippen LogP contribution in [0.4, 0.5) is 5.69 Å². The average molecular weight is 273 g/mol. The molecule has 0 aliphatic rings. The zero-order chi connectivity index (χ0) is 14.7. The molecule has 0 saturated carbocycles. The summed E-state index contributed by atoms with van der Waals surface area (Å²) in [6.45, 7) is 1.47. The van der Waals surface area contributed by atoms with E-state index in [0.717, 1.165) is 4.57 Å². The molecular weight excluding hydrogens is 262 g/mol. The topological polar surface area (TPSA) is 95.1 Å². The molecule has 0 aliphatic heterocycles. The van der Waals surface area contributed by atoms with Crippen molar-refractivity contribution in [3.8, 4) is 0 Å². The van der Waals surface area contributed by atoms with Crippen LogP contribution < -0.4 is 5.56 Å². The first-order valence-electron chi connectivity index (χ1n) is 5.78. The second-order valence-corrected chi connectivity index (χ2v) is 4.23. The minimum atomic E-state index is -0.573. The van der Waals surface area contributed by atoms with Gasteiger partial charge >= 0.3 is 0 Å². The number of rotatable bonds is 4. The second-order valence-electron chi connectivity index (χ2n) is 4.23. The van der Waals surface area contributed by atoms with Gasteiger partial charge in [-0.05, 0) is 6.92 Å². The molecule has 7 heteroatoms. The van der Waals surface area contributed by atoms with Crippen molar-refractivity contribution in [2.75, 3.05) is 0 Å². The maximum Gasteiger partial charge on any atom is 0.270 e. The molecule has 0 radical (unpaired) electrons. The van der Waals surface area contributed by atoms with Crippen molar-refractivity contribution in [3.05, 3.63) is 68.4 Å². The zero-order valence-electron chi connectivity index (χ0n) is 10.6. The fourth-order valence-corrected chi connectivity index (χ4v) is 1.67. The Morgan fingerprint density at radius 1 is 1.40 bits per heavy atom. The van der Waals surface area contributed by atoms with Crippen LogP contribution in [0.15, 0.2) is 41.5 Å². The van der Waals surface area contributed by atoms with Crippen LogP contribution in [0.3, 0.4) is 0 Å². The Labute approximate surface area is 113 Å². The number of non-ortho nitro benzene ring substituents is 1. The first-order valence-corrected chi connectivity index (χ1v) is 5.78. The molecule has 1 aromatic carbocycles. The third kappa shape index (κ3) is 2.94. The van der Waals surface area contributed by atoms with Crippen molar-refractivity contribution < 1.29 is 9.72 Å². The molecule has 1 heterocycles. The van der Waals surface area contributed by atoms with E-state index in [1.54, 1.807) is 6.92 Å². The number of aromatic nitrogens is 2. The van der Waals surface area contributed by atoms with E-state index >= 15 is 0 Å². The number of nitro groups is 1. The predicted octanol–water partition coefficient (Wildman–Crippen LogP) is 1.34. The van der Waals surface area contributed by atoms with Crippen LogP contribution in [0.5, 0.6) is 0 Å². The van der Waals surface area contributed by atoms with Gasteiger partial charge in [-0.3, -0.25) is 24.3 Å². The van der Waals surface area contributed by atoms with E-state index in [-0.39, 0.29) is 29.1 Å². The summed E-state index contributed by atoms with van der Waals surface area (Å²) in [4.78, 5) is 37.7. The Kier molecular flexibility index (Phi) is 3.69. The van der Waals surface area contributed by atoms with Gasteiger partial charge < -0.3 is 0 Å². The van der Waals surface area contributed by atoms with Crippen molar-refractivity contribution in [1.29, 1.82) is 0 Å². The molecule has 7 nitrogen and oxygen atoms in total. The van der Waals surface area contributed by atoms with E-state index in [9.17, 15) is 19.7 Å². The van der Waals surface area contributed by atoms with Gasteiger partial charge in [-0.25, -0.2) is 4.98 Å². The van der Waals surface area contributed by atoms with Crippen LogP contribution in [0.1, 0.15) is 16.1 Å². The lowest BCUT2D eigenvalue weighted by atomic mass is 10.1. The fraction of sp³-hybridized carbons (Fsp3) is 0.154. The normalized spacial score (nSPS) is 10.2. The number of benzene rings is 1. The van der Waals surface area contributed by atoms with Crippen molar-refractivity contribution in [2.45, 2.75) is 13.5 Å². The minimum absolute atomic E-state index is 0.162. The molecule has 0 unspecified atom stereocenters. The van der Waals surface area contributed by atoms with Gasteiger partial charge in [0.05, 0.1) is 17.8 Å². The Balaban J connectivity index is 2.26. The molecule has 0 saturated heterocycles. The van der Waals surface area contributed by atoms with E-state index in [1.165, 1.54) is 36.7 Å². The molecular formula is C13H11N3O4. The summed E-state index contributed by atoms with van der Waals surface area (Å²) in [5.41, 5.74) is 0.252. The van der Waals surface area contributed by atoms with Gasteiger partial charge in [0.15, 0.2) is 5.78 Å². The molecule has 0 spiro atoms. The van der Waals surface area contributed by atoms with Gasteiger partial charge in [-0.2, -0.15) is 0 Å². The van der Waals surface area contributed by atoms with Gasteiger partial charge in [0.2, 0.25) is 0 Å². The Bertz CT molecular complexity index is 736. The number of Topliss-reactive ketones (excluding diaryl/α,β-unsaturated/α-hetero) is 1. The molecule has 0 atom stereocenters. The summed E-state index contributed by atoms with van der Waals surface area (Å²) in [5, 5.41) is 10.7. The molecule has 102 valence electrons. The van der Waals surface area contributed by atoms with E-state index in [1.807, 2.05) is 0 Å². The van der Waals surface area contributed by atoms with Crippen molar-refractivity contribution in [1.82, 2.24) is 9.55 Å². The first-order chi connectivity index (χ1) is 9.47. The van der Waals surface area contributed by atoms with Crippen LogP contribution in [0, 0.1) is 17.0 Å². The summed E-state index contributed by atoms with van der Waals surface area (Å²) in [5.74, 6) is -0.388. The minimum Gasteiger partial charge on any atom is -0.292 e. The SMILES string of the molecule is Cc1cc(=O)n(CC(=O)c2cccc([N+](=O)[O-])c2)cn1. The number of hydrogen-bond acceptors (Lipinski definition) is 5. The van der Waals surface area contributed by atoms with Gasteiger partial charge in [0.25, 0.3) is 11.2 Å². The molecule has 0 fully saturated rings. The molecule has 20 heavy (non-hydrogen) atoms. The Morgan fingerprint density at radius 2 is 2.15 bits per heavy atom. The molecule has 0 N–H and O–H groups in total. The van der Waals surface area contributed by atoms with Gasteiger partial charge in [0.1, 0.15) is 0 Å². The quantitative estimate of drug-likeness (QED) is 0.476. The maximum absolute atomic E-state index is 12.0. The lowest BCUT2D eigenvalue weighted by molar-refractivity contribution is -0.384. The number of hydrogen-bond donors (Lipinski definition) is 0. The van der Waals surface area contributed by atoms with Crippen LogP contribution >= 0.6 is 0 Å². The van der Waals surface area contributed by atoms with Crippen LogP contribution in [0.25, 0.3) is 0 Å². The fourth-order valence-electron chi connectivity index (χ4n) is 1.67. The molecule has 2 aromatic rings. The molecule has 0 bridgehead atoms. The van der Waals surface area contributed by atoms with Gasteiger partial charge in [-0.1, -0.05) is 12.1 Å². The summed E-state index contributed by atoms with van der Waals surface area (Å²) in [7, 11) is 0. The molecule has 1 aromatic heterocycles. The molecule has 0 aliphatic carbocycles. The summed E-state index contributed by atoms with van der Waals surface area (Å²) in [6.07, 6.45) is 1.28. The monoisotopic (exact) mass is 273 g/mol. The van der Waals surface area contributed by atoms with Crippen LogP contribution in [-0.2, 0) is 6.54 Å². The summed E-state index contributed by atoms with van der Waals surface area (Å²) >= 11 is 0. The highest BCUT2D eigenvalue weighted by Crippen LogP contribution is 2.13. The van der Waals surface area contributed by atoms with Crippen molar-refractivity contribution >= 4 is 11.5 Å². The largest absolute Gasteiger partial charge is 0.292 e. The van der Waals surface area contributed by atoms with E-state index in [0.29, 0.717) is 5.69 Å². The Hall–Kier alpha value is -2.83. The number of carbonyl (C=O) groups excluding carboxylic acids is 1. The van der Waals surface area contributed by atoms with E-state index in [4.69, 9.17) is 0 Å². The maximum atomic E-state index is 12.0. The third-order valence-electron chi connectivity index (χ3n) is 2.71. The standard InChI is InChI=1S/C13H11N3O4/c1-9-5-13(18)15(8-14-9)7-12(17)10-3-2-4-11(6-10)16(19)20/h2-6,8H,7H2,1H3. The van der Waals surface area contributed by atoms with Crippen molar-refractivity contribution in [2.24, 2.45) is 0 Å². The van der Waals surface area contributed by atoms with E-state index < -0.39 is 4.92 Å². The van der Waals surface area contributed by atoms with Gasteiger partial charge in [-0.15, -0.1) is 0 Å². The van der Waals surface area contributed by atoms with Crippen LogP contribution in [-0.4, -0.2) is 20.3 Å². The highest BCUT2D eigenvalue weighted by Gasteiger charge is 2.12. The lowest BCUT2D eigenvalue weighted by Crippen LogP contribution is -2.24. The Morgan fingerprint density at radius 3 is 2.80 bits per heavy atom. The highest BCUT2D eigenvalue weighted by molar-refractivity contribution is 5.96. The van der Waals surface area contributed by atoms with Crippen molar-refractivity contribution in [3.63, 3.8) is 0 Å². The highest BCUT2D eigenvalue weighted by atomic mass is 16.6. The van der Waals surface area contributed by atoms with Gasteiger partial charge in [0, 0.05) is 29.5 Å². The number of nitrogens with zero attached hydrogens (tertiary/aromatic N) is 3. The first kappa shape index (κ1) is 13.6. The smallest absolute Gasteiger partial charge is 0.270 e. The molecule has 2 rings (SSSR count). The van der Waals surface area contributed by atoms with E-state index in [2.05, 4.69) is 4.98 Å². The third-order valence-corrected chi connectivity index (χ3v) is 2.71. The average Bonchev–Trinajstić information content (AvgIpc) is 2.42. The number of carbonyl (C=O) groups is 1. The lowest BCUT2D eigenvalue weighted by Gasteiger charge is -2.04. The predicted molar refractivity (Wildman–Crippen MR) is 70.7 cm³/mol. The zero-order valence-corrected chi connectivity index (χ0v) is 10.6. The number of ketones is 1. The van der Waals surface area contributed by atoms with Crippen LogP contribution in [0.2, 0.25) is 0 Å².